The van der Waals surface area contributed by atoms with Crippen molar-refractivity contribution in [2.24, 2.45) is 0 Å². The van der Waals surface area contributed by atoms with Crippen LogP contribution in [0.1, 0.15) is 11.1 Å². The summed E-state index contributed by atoms with van der Waals surface area (Å²) in [6.45, 7) is 0. The molecule has 0 radical (unpaired) electrons. The molecule has 3 nitrogen and oxygen atoms in total. The zero-order valence-corrected chi connectivity index (χ0v) is 13.5. The van der Waals surface area contributed by atoms with Crippen LogP contribution in [0, 0.1) is 0 Å². The van der Waals surface area contributed by atoms with Gasteiger partial charge in [-0.2, -0.15) is 13.2 Å². The minimum atomic E-state index is -4.48. The lowest BCUT2D eigenvalue weighted by atomic mass is 10.0. The standard InChI is InChI=1S/C20H15F3O3/c21-20(22,23)15-8-3-5-13(11-15)12-18(19(24)25)26-17-10-4-7-14-6-1-2-9-16(14)17/h1-11,18H,12H2,(H,24,25). The molecule has 6 heteroatoms. The topological polar surface area (TPSA) is 46.5 Å². The van der Waals surface area contributed by atoms with Gasteiger partial charge in [-0.05, 0) is 23.1 Å². The van der Waals surface area contributed by atoms with E-state index in [1.54, 1.807) is 24.3 Å². The number of ether oxygens (including phenoxy) is 1. The third kappa shape index (κ3) is 3.96. The van der Waals surface area contributed by atoms with E-state index in [1.165, 1.54) is 12.1 Å². The van der Waals surface area contributed by atoms with Crippen molar-refractivity contribution in [1.82, 2.24) is 0 Å². The third-order valence-corrected chi connectivity index (χ3v) is 3.97. The number of rotatable bonds is 5. The molecule has 0 heterocycles. The molecule has 0 aliphatic carbocycles. The van der Waals surface area contributed by atoms with Gasteiger partial charge in [0.1, 0.15) is 5.75 Å². The molecule has 0 amide bonds. The number of carbonyl (C=O) groups is 1. The lowest BCUT2D eigenvalue weighted by Gasteiger charge is -2.17. The van der Waals surface area contributed by atoms with Crippen LogP contribution in [0.25, 0.3) is 10.8 Å². The molecule has 134 valence electrons. The molecule has 0 saturated carbocycles. The normalized spacial score (nSPS) is 12.7. The van der Waals surface area contributed by atoms with Gasteiger partial charge in [0.05, 0.1) is 5.56 Å². The Bertz CT molecular complexity index is 929. The molecule has 0 saturated heterocycles. The Kier molecular flexibility index (Phi) is 4.84. The van der Waals surface area contributed by atoms with Gasteiger partial charge in [0.15, 0.2) is 6.10 Å². The largest absolute Gasteiger partial charge is 0.478 e. The van der Waals surface area contributed by atoms with E-state index < -0.39 is 23.8 Å². The van der Waals surface area contributed by atoms with Crippen molar-refractivity contribution < 1.29 is 27.8 Å². The molecule has 0 aliphatic heterocycles. The minimum absolute atomic E-state index is 0.178. The maximum Gasteiger partial charge on any atom is 0.416 e. The highest BCUT2D eigenvalue weighted by molar-refractivity contribution is 5.88. The highest BCUT2D eigenvalue weighted by Crippen LogP contribution is 2.30. The van der Waals surface area contributed by atoms with E-state index in [0.717, 1.165) is 22.9 Å². The van der Waals surface area contributed by atoms with E-state index in [-0.39, 0.29) is 12.0 Å². The van der Waals surface area contributed by atoms with E-state index in [2.05, 4.69) is 0 Å². The summed E-state index contributed by atoms with van der Waals surface area (Å²) in [6, 6.07) is 17.2. The number of carboxylic acid groups (broad SMARTS) is 1. The SMILES string of the molecule is O=C(O)C(Cc1cccc(C(F)(F)F)c1)Oc1cccc2ccccc12. The number of halogens is 3. The van der Waals surface area contributed by atoms with Crippen LogP contribution < -0.4 is 4.74 Å². The summed E-state index contributed by atoms with van der Waals surface area (Å²) in [5.41, 5.74) is -0.572. The Labute approximate surface area is 147 Å². The molecular weight excluding hydrogens is 345 g/mol. The van der Waals surface area contributed by atoms with Crippen LogP contribution >= 0.6 is 0 Å². The molecule has 0 bridgehead atoms. The van der Waals surface area contributed by atoms with Gasteiger partial charge < -0.3 is 9.84 Å². The average molecular weight is 360 g/mol. The van der Waals surface area contributed by atoms with Crippen molar-refractivity contribution >= 4 is 16.7 Å². The lowest BCUT2D eigenvalue weighted by Crippen LogP contribution is -2.29. The fourth-order valence-corrected chi connectivity index (χ4v) is 2.72. The van der Waals surface area contributed by atoms with Gasteiger partial charge in [0.25, 0.3) is 0 Å². The predicted molar refractivity (Wildman–Crippen MR) is 91.1 cm³/mol. The number of hydrogen-bond acceptors (Lipinski definition) is 2. The van der Waals surface area contributed by atoms with Gasteiger partial charge in [-0.3, -0.25) is 0 Å². The summed E-state index contributed by atoms with van der Waals surface area (Å²) in [5, 5.41) is 11.1. The van der Waals surface area contributed by atoms with Crippen LogP contribution in [-0.2, 0) is 17.4 Å². The van der Waals surface area contributed by atoms with E-state index in [4.69, 9.17) is 4.74 Å². The van der Waals surface area contributed by atoms with Gasteiger partial charge in [-0.25, -0.2) is 4.79 Å². The van der Waals surface area contributed by atoms with Crippen molar-refractivity contribution in [1.29, 1.82) is 0 Å². The smallest absolute Gasteiger partial charge is 0.416 e. The van der Waals surface area contributed by atoms with Crippen LogP contribution in [-0.4, -0.2) is 17.2 Å². The summed E-state index contributed by atoms with van der Waals surface area (Å²) < 4.78 is 44.2. The summed E-state index contributed by atoms with van der Waals surface area (Å²) in [6.07, 6.45) is -5.96. The lowest BCUT2D eigenvalue weighted by molar-refractivity contribution is -0.144. The first kappa shape index (κ1) is 17.8. The summed E-state index contributed by atoms with van der Waals surface area (Å²) >= 11 is 0. The summed E-state index contributed by atoms with van der Waals surface area (Å²) in [7, 11) is 0. The Morgan fingerprint density at radius 2 is 1.69 bits per heavy atom. The van der Waals surface area contributed by atoms with Crippen molar-refractivity contribution in [3.05, 3.63) is 77.9 Å². The van der Waals surface area contributed by atoms with Crippen LogP contribution in [0.5, 0.6) is 5.75 Å². The average Bonchev–Trinajstić information content (AvgIpc) is 2.61. The second kappa shape index (κ2) is 7.07. The van der Waals surface area contributed by atoms with Crippen molar-refractivity contribution in [2.45, 2.75) is 18.7 Å². The molecule has 0 aliphatic rings. The number of alkyl halides is 3. The molecule has 3 aromatic rings. The Morgan fingerprint density at radius 3 is 2.42 bits per heavy atom. The molecule has 26 heavy (non-hydrogen) atoms. The Morgan fingerprint density at radius 1 is 1.00 bits per heavy atom. The third-order valence-electron chi connectivity index (χ3n) is 3.97. The maximum atomic E-state index is 12.8. The molecule has 1 unspecified atom stereocenters. The predicted octanol–water partition coefficient (Wildman–Crippen LogP) is 4.93. The second-order valence-corrected chi connectivity index (χ2v) is 5.82. The minimum Gasteiger partial charge on any atom is -0.478 e. The molecular formula is C20H15F3O3. The molecule has 0 aromatic heterocycles. The highest BCUT2D eigenvalue weighted by atomic mass is 19.4. The monoisotopic (exact) mass is 360 g/mol. The zero-order valence-electron chi connectivity index (χ0n) is 13.5. The van der Waals surface area contributed by atoms with Crippen LogP contribution in [0.2, 0.25) is 0 Å². The van der Waals surface area contributed by atoms with E-state index in [1.807, 2.05) is 18.2 Å². The first-order valence-electron chi connectivity index (χ1n) is 7.88. The number of carboxylic acids is 1. The van der Waals surface area contributed by atoms with Gasteiger partial charge in [0.2, 0.25) is 0 Å². The quantitative estimate of drug-likeness (QED) is 0.701. The van der Waals surface area contributed by atoms with E-state index in [0.29, 0.717) is 5.75 Å². The van der Waals surface area contributed by atoms with E-state index in [9.17, 15) is 23.1 Å². The molecule has 0 fully saturated rings. The van der Waals surface area contributed by atoms with Crippen molar-refractivity contribution in [3.63, 3.8) is 0 Å². The molecule has 1 N–H and O–H groups in total. The second-order valence-electron chi connectivity index (χ2n) is 5.82. The maximum absolute atomic E-state index is 12.8. The van der Waals surface area contributed by atoms with Crippen molar-refractivity contribution in [2.75, 3.05) is 0 Å². The fourth-order valence-electron chi connectivity index (χ4n) is 2.72. The van der Waals surface area contributed by atoms with Gasteiger partial charge >= 0.3 is 12.1 Å². The van der Waals surface area contributed by atoms with Gasteiger partial charge in [-0.15, -0.1) is 0 Å². The molecule has 1 atom stereocenters. The first-order chi connectivity index (χ1) is 12.3. The van der Waals surface area contributed by atoms with Gasteiger partial charge in [0, 0.05) is 11.8 Å². The fraction of sp³-hybridized carbons (Fsp3) is 0.150. The molecule has 3 aromatic carbocycles. The van der Waals surface area contributed by atoms with Crippen LogP contribution in [0.3, 0.4) is 0 Å². The number of aliphatic carboxylic acids is 1. The number of hydrogen-bond donors (Lipinski definition) is 1. The molecule has 3 rings (SSSR count). The Balaban J connectivity index is 1.88. The van der Waals surface area contributed by atoms with Crippen LogP contribution in [0.4, 0.5) is 13.2 Å². The van der Waals surface area contributed by atoms with Gasteiger partial charge in [-0.1, -0.05) is 54.6 Å². The number of benzene rings is 3. The Hall–Kier alpha value is -3.02. The number of fused-ring (bicyclic) bond motifs is 1. The van der Waals surface area contributed by atoms with Crippen molar-refractivity contribution in [3.8, 4) is 5.75 Å². The zero-order chi connectivity index (χ0) is 18.7. The van der Waals surface area contributed by atoms with Crippen LogP contribution in [0.15, 0.2) is 66.7 Å². The molecule has 0 spiro atoms. The summed E-state index contributed by atoms with van der Waals surface area (Å²) in [5.74, 6) is -0.863. The highest BCUT2D eigenvalue weighted by Gasteiger charge is 2.31. The first-order valence-corrected chi connectivity index (χ1v) is 7.88. The van der Waals surface area contributed by atoms with E-state index >= 15 is 0 Å². The summed E-state index contributed by atoms with van der Waals surface area (Å²) in [4.78, 5) is 11.6.